The molecule has 162 valence electrons. The summed E-state index contributed by atoms with van der Waals surface area (Å²) in [6.45, 7) is 2.56. The van der Waals surface area contributed by atoms with Gasteiger partial charge in [0.25, 0.3) is 5.91 Å². The molecule has 3 aromatic rings. The zero-order chi connectivity index (χ0) is 21.8. The Balaban J connectivity index is 1.44. The maximum absolute atomic E-state index is 13.6. The van der Waals surface area contributed by atoms with Gasteiger partial charge in [-0.25, -0.2) is 9.50 Å². The van der Waals surface area contributed by atoms with Crippen LogP contribution in [0.15, 0.2) is 30.3 Å². The number of alkyl halides is 3. The lowest BCUT2D eigenvalue weighted by atomic mass is 9.93. The molecule has 0 bridgehead atoms. The quantitative estimate of drug-likeness (QED) is 0.616. The molecular formula is C21H19F3N4O3. The van der Waals surface area contributed by atoms with Crippen molar-refractivity contribution in [2.45, 2.75) is 31.9 Å². The van der Waals surface area contributed by atoms with Crippen LogP contribution in [0.1, 0.15) is 46.2 Å². The first-order valence-corrected chi connectivity index (χ1v) is 9.93. The maximum Gasteiger partial charge on any atom is 0.433 e. The number of nitrogens with zero attached hydrogens (tertiary/aromatic N) is 4. The predicted octanol–water partition coefficient (Wildman–Crippen LogP) is 3.81. The van der Waals surface area contributed by atoms with Crippen LogP contribution >= 0.6 is 0 Å². The molecule has 4 heterocycles. The normalized spacial score (nSPS) is 18.6. The van der Waals surface area contributed by atoms with Crippen LogP contribution in [0.25, 0.3) is 5.65 Å². The largest absolute Gasteiger partial charge is 0.454 e. The van der Waals surface area contributed by atoms with E-state index in [4.69, 9.17) is 9.47 Å². The van der Waals surface area contributed by atoms with E-state index in [1.54, 1.807) is 30.0 Å². The summed E-state index contributed by atoms with van der Waals surface area (Å²) in [7, 11) is 0. The van der Waals surface area contributed by atoms with Crippen molar-refractivity contribution in [3.63, 3.8) is 0 Å². The molecule has 2 aliphatic rings. The number of carbonyl (C=O) groups is 1. The molecule has 0 radical (unpaired) electrons. The molecular weight excluding hydrogens is 413 g/mol. The SMILES string of the molecule is Cc1cc2nc([C@@H]3CCCN(C(=O)c4ccc5c(c4)OCO5)C3)cc(C(F)(F)F)n2n1. The summed E-state index contributed by atoms with van der Waals surface area (Å²) in [6.07, 6.45) is -3.24. The zero-order valence-corrected chi connectivity index (χ0v) is 16.6. The monoisotopic (exact) mass is 432 g/mol. The summed E-state index contributed by atoms with van der Waals surface area (Å²) < 4.78 is 52.3. The van der Waals surface area contributed by atoms with E-state index >= 15 is 0 Å². The fraction of sp³-hybridized carbons (Fsp3) is 0.381. The topological polar surface area (TPSA) is 69.0 Å². The average molecular weight is 432 g/mol. The van der Waals surface area contributed by atoms with Crippen LogP contribution in [0.2, 0.25) is 0 Å². The molecule has 7 nitrogen and oxygen atoms in total. The number of amides is 1. The molecule has 0 saturated carbocycles. The van der Waals surface area contributed by atoms with Gasteiger partial charge >= 0.3 is 6.18 Å². The third-order valence-electron chi connectivity index (χ3n) is 5.61. The van der Waals surface area contributed by atoms with Gasteiger partial charge in [-0.3, -0.25) is 4.79 Å². The summed E-state index contributed by atoms with van der Waals surface area (Å²) in [5.41, 5.74) is 0.526. The van der Waals surface area contributed by atoms with E-state index in [9.17, 15) is 18.0 Å². The number of ether oxygens (including phenoxy) is 2. The Hall–Kier alpha value is -3.30. The van der Waals surface area contributed by atoms with Crippen LogP contribution in [0.4, 0.5) is 13.2 Å². The number of hydrogen-bond acceptors (Lipinski definition) is 5. The van der Waals surface area contributed by atoms with Crippen molar-refractivity contribution in [2.75, 3.05) is 19.9 Å². The number of piperidine rings is 1. The van der Waals surface area contributed by atoms with E-state index in [2.05, 4.69) is 10.1 Å². The number of rotatable bonds is 2. The summed E-state index contributed by atoms with van der Waals surface area (Å²) >= 11 is 0. The first kappa shape index (κ1) is 19.7. The van der Waals surface area contributed by atoms with Gasteiger partial charge in [0.2, 0.25) is 6.79 Å². The lowest BCUT2D eigenvalue weighted by Gasteiger charge is -2.33. The second-order valence-corrected chi connectivity index (χ2v) is 7.78. The van der Waals surface area contributed by atoms with Crippen molar-refractivity contribution >= 4 is 11.6 Å². The van der Waals surface area contributed by atoms with Gasteiger partial charge in [-0.05, 0) is 44.0 Å². The highest BCUT2D eigenvalue weighted by Crippen LogP contribution is 2.35. The van der Waals surface area contributed by atoms with Crippen LogP contribution in [0.5, 0.6) is 11.5 Å². The molecule has 31 heavy (non-hydrogen) atoms. The number of likely N-dealkylation sites (tertiary alicyclic amines) is 1. The standard InChI is InChI=1S/C21H19F3N4O3/c1-12-7-19-25-15(9-18(21(22,23)24)28(19)26-12)14-3-2-6-27(10-14)20(29)13-4-5-16-17(8-13)31-11-30-16/h4-5,7-9,14H,2-3,6,10-11H2,1H3/t14-/m1/s1. The summed E-state index contributed by atoms with van der Waals surface area (Å²) in [6, 6.07) is 7.57. The van der Waals surface area contributed by atoms with Crippen LogP contribution in [0, 0.1) is 6.92 Å². The van der Waals surface area contributed by atoms with Crippen molar-refractivity contribution < 1.29 is 27.4 Å². The van der Waals surface area contributed by atoms with Crippen molar-refractivity contribution in [3.05, 3.63) is 53.0 Å². The van der Waals surface area contributed by atoms with Gasteiger partial charge in [0.1, 0.15) is 5.69 Å². The minimum atomic E-state index is -4.56. The lowest BCUT2D eigenvalue weighted by Crippen LogP contribution is -2.39. The average Bonchev–Trinajstić information content (AvgIpc) is 3.36. The molecule has 1 amide bonds. The van der Waals surface area contributed by atoms with E-state index in [0.29, 0.717) is 54.4 Å². The Morgan fingerprint density at radius 3 is 2.77 bits per heavy atom. The predicted molar refractivity (Wildman–Crippen MR) is 103 cm³/mol. The van der Waals surface area contributed by atoms with Crippen molar-refractivity contribution in [3.8, 4) is 11.5 Å². The highest BCUT2D eigenvalue weighted by atomic mass is 19.4. The van der Waals surface area contributed by atoms with Gasteiger partial charge in [-0.15, -0.1) is 0 Å². The van der Waals surface area contributed by atoms with E-state index in [1.807, 2.05) is 0 Å². The fourth-order valence-corrected chi connectivity index (χ4v) is 4.13. The van der Waals surface area contributed by atoms with Crippen LogP contribution in [-0.2, 0) is 6.18 Å². The summed E-state index contributed by atoms with van der Waals surface area (Å²) in [5.74, 6) is 0.604. The summed E-state index contributed by atoms with van der Waals surface area (Å²) in [4.78, 5) is 19.1. The minimum Gasteiger partial charge on any atom is -0.454 e. The third kappa shape index (κ3) is 3.55. The minimum absolute atomic E-state index is 0.114. The number of benzene rings is 1. The van der Waals surface area contributed by atoms with Gasteiger partial charge in [-0.1, -0.05) is 0 Å². The molecule has 0 N–H and O–H groups in total. The molecule has 1 saturated heterocycles. The van der Waals surface area contributed by atoms with Crippen LogP contribution in [-0.4, -0.2) is 45.3 Å². The van der Waals surface area contributed by atoms with E-state index in [1.165, 1.54) is 6.07 Å². The first-order valence-electron chi connectivity index (χ1n) is 9.93. The van der Waals surface area contributed by atoms with Crippen LogP contribution < -0.4 is 9.47 Å². The zero-order valence-electron chi connectivity index (χ0n) is 16.6. The Bertz CT molecular complexity index is 1170. The van der Waals surface area contributed by atoms with Gasteiger partial charge in [0, 0.05) is 36.3 Å². The van der Waals surface area contributed by atoms with E-state index in [0.717, 1.165) is 10.6 Å². The summed E-state index contributed by atoms with van der Waals surface area (Å²) in [5, 5.41) is 3.92. The molecule has 0 spiro atoms. The molecule has 10 heteroatoms. The van der Waals surface area contributed by atoms with Gasteiger partial charge in [-0.2, -0.15) is 18.3 Å². The van der Waals surface area contributed by atoms with Crippen molar-refractivity contribution in [1.29, 1.82) is 0 Å². The van der Waals surface area contributed by atoms with Gasteiger partial charge in [0.15, 0.2) is 17.1 Å². The van der Waals surface area contributed by atoms with E-state index < -0.39 is 11.9 Å². The molecule has 5 rings (SSSR count). The molecule has 2 aromatic heterocycles. The van der Waals surface area contributed by atoms with Crippen molar-refractivity contribution in [2.24, 2.45) is 0 Å². The Morgan fingerprint density at radius 1 is 1.16 bits per heavy atom. The number of hydrogen-bond donors (Lipinski definition) is 0. The number of fused-ring (bicyclic) bond motifs is 2. The number of halogens is 3. The van der Waals surface area contributed by atoms with Gasteiger partial charge in [0.05, 0.1) is 5.69 Å². The Labute approximate surface area is 175 Å². The molecule has 1 aromatic carbocycles. The highest BCUT2D eigenvalue weighted by Gasteiger charge is 2.36. The number of carbonyl (C=O) groups excluding carboxylic acids is 1. The van der Waals surface area contributed by atoms with Crippen LogP contribution in [0.3, 0.4) is 0 Å². The second-order valence-electron chi connectivity index (χ2n) is 7.78. The first-order chi connectivity index (χ1) is 14.8. The van der Waals surface area contributed by atoms with E-state index in [-0.39, 0.29) is 24.3 Å². The van der Waals surface area contributed by atoms with Crippen molar-refractivity contribution in [1.82, 2.24) is 19.5 Å². The fourth-order valence-electron chi connectivity index (χ4n) is 4.13. The Morgan fingerprint density at radius 2 is 1.97 bits per heavy atom. The number of aryl methyl sites for hydroxylation is 1. The molecule has 2 aliphatic heterocycles. The third-order valence-corrected chi connectivity index (χ3v) is 5.61. The Kier molecular flexibility index (Phi) is 4.53. The molecule has 0 aliphatic carbocycles. The maximum atomic E-state index is 13.6. The highest BCUT2D eigenvalue weighted by molar-refractivity contribution is 5.95. The smallest absolute Gasteiger partial charge is 0.433 e. The molecule has 1 atom stereocenters. The van der Waals surface area contributed by atoms with Gasteiger partial charge < -0.3 is 14.4 Å². The number of aromatic nitrogens is 3. The molecule has 1 fully saturated rings. The lowest BCUT2D eigenvalue weighted by molar-refractivity contribution is -0.142. The second kappa shape index (κ2) is 7.14. The molecule has 0 unspecified atom stereocenters.